The maximum Gasteiger partial charge on any atom is 0.241 e. The molecule has 1 aliphatic rings. The fourth-order valence-electron chi connectivity index (χ4n) is 2.65. The third-order valence-electron chi connectivity index (χ3n) is 3.89. The predicted molar refractivity (Wildman–Crippen MR) is 74.3 cm³/mol. The van der Waals surface area contributed by atoms with Gasteiger partial charge in [-0.05, 0) is 55.9 Å². The lowest BCUT2D eigenvalue weighted by Gasteiger charge is -2.37. The van der Waals surface area contributed by atoms with Crippen molar-refractivity contribution >= 4 is 10.0 Å². The van der Waals surface area contributed by atoms with E-state index in [1.807, 2.05) is 6.92 Å². The standard InChI is InChI=1S/C14H20FNO3S/c1-3-13(10-7-12(17)8-10)16-20(18,19)14-5-4-11(15)6-9(14)2/h4-6,10,12-13,16-17H,3,7-8H2,1-2H3/t10?,12?,13-/m1/s1. The molecule has 2 N–H and O–H groups in total. The Labute approximate surface area is 119 Å². The number of hydrogen-bond donors (Lipinski definition) is 2. The van der Waals surface area contributed by atoms with Gasteiger partial charge in [0, 0.05) is 6.04 Å². The molecule has 1 aliphatic carbocycles. The SMILES string of the molecule is CC[C@@H](NS(=O)(=O)c1ccc(F)cc1C)C1CC(O)C1. The molecule has 20 heavy (non-hydrogen) atoms. The van der Waals surface area contributed by atoms with Gasteiger partial charge in [-0.3, -0.25) is 0 Å². The highest BCUT2D eigenvalue weighted by molar-refractivity contribution is 7.89. The van der Waals surface area contributed by atoms with E-state index in [9.17, 15) is 17.9 Å². The summed E-state index contributed by atoms with van der Waals surface area (Å²) in [5.41, 5.74) is 0.390. The van der Waals surface area contributed by atoms with E-state index in [0.717, 1.165) is 6.07 Å². The Balaban J connectivity index is 2.17. The molecule has 112 valence electrons. The average Bonchev–Trinajstić information content (AvgIpc) is 2.32. The van der Waals surface area contributed by atoms with E-state index < -0.39 is 15.8 Å². The molecule has 0 heterocycles. The van der Waals surface area contributed by atoms with Crippen molar-refractivity contribution in [1.82, 2.24) is 4.72 Å². The zero-order chi connectivity index (χ0) is 14.9. The molecule has 0 aliphatic heterocycles. The monoisotopic (exact) mass is 301 g/mol. The molecule has 2 rings (SSSR count). The summed E-state index contributed by atoms with van der Waals surface area (Å²) in [5, 5.41) is 9.33. The molecule has 0 spiro atoms. The molecule has 0 unspecified atom stereocenters. The van der Waals surface area contributed by atoms with E-state index >= 15 is 0 Å². The van der Waals surface area contributed by atoms with Crippen LogP contribution in [0, 0.1) is 18.7 Å². The van der Waals surface area contributed by atoms with E-state index in [-0.39, 0.29) is 23.0 Å². The second-order valence-corrected chi connectivity index (χ2v) is 7.11. The maximum atomic E-state index is 13.1. The summed E-state index contributed by atoms with van der Waals surface area (Å²) >= 11 is 0. The van der Waals surface area contributed by atoms with Crippen LogP contribution in [0.15, 0.2) is 23.1 Å². The fraction of sp³-hybridized carbons (Fsp3) is 0.571. The lowest BCUT2D eigenvalue weighted by atomic mass is 9.77. The van der Waals surface area contributed by atoms with Gasteiger partial charge in [0.05, 0.1) is 11.0 Å². The highest BCUT2D eigenvalue weighted by Gasteiger charge is 2.35. The summed E-state index contributed by atoms with van der Waals surface area (Å²) in [6.07, 6.45) is 1.61. The molecule has 6 heteroatoms. The number of aliphatic hydroxyl groups is 1. The fourth-order valence-corrected chi connectivity index (χ4v) is 4.26. The lowest BCUT2D eigenvalue weighted by Crippen LogP contribution is -2.46. The lowest BCUT2D eigenvalue weighted by molar-refractivity contribution is 0.0277. The van der Waals surface area contributed by atoms with E-state index in [2.05, 4.69) is 4.72 Å². The van der Waals surface area contributed by atoms with Crippen LogP contribution in [0.2, 0.25) is 0 Å². The van der Waals surface area contributed by atoms with Crippen molar-refractivity contribution in [1.29, 1.82) is 0 Å². The number of nitrogens with one attached hydrogen (secondary N) is 1. The van der Waals surface area contributed by atoms with Crippen LogP contribution < -0.4 is 4.72 Å². The summed E-state index contributed by atoms with van der Waals surface area (Å²) in [4.78, 5) is 0.109. The van der Waals surface area contributed by atoms with Crippen LogP contribution in [0.5, 0.6) is 0 Å². The molecule has 0 amide bonds. The van der Waals surface area contributed by atoms with E-state index in [4.69, 9.17) is 0 Å². The number of sulfonamides is 1. The van der Waals surface area contributed by atoms with Crippen LogP contribution in [0.4, 0.5) is 4.39 Å². The largest absolute Gasteiger partial charge is 0.393 e. The Hall–Kier alpha value is -0.980. The molecule has 1 fully saturated rings. The highest BCUT2D eigenvalue weighted by Crippen LogP contribution is 2.32. The molecular weight excluding hydrogens is 281 g/mol. The van der Waals surface area contributed by atoms with Crippen molar-refractivity contribution in [2.45, 2.75) is 50.2 Å². The number of aryl methyl sites for hydroxylation is 1. The predicted octanol–water partition coefficient (Wildman–Crippen LogP) is 1.96. The zero-order valence-corrected chi connectivity index (χ0v) is 12.5. The third kappa shape index (κ3) is 3.19. The molecule has 1 aromatic rings. The highest BCUT2D eigenvalue weighted by atomic mass is 32.2. The third-order valence-corrected chi connectivity index (χ3v) is 5.54. The van der Waals surface area contributed by atoms with E-state index in [1.54, 1.807) is 6.92 Å². The van der Waals surface area contributed by atoms with Crippen molar-refractivity contribution < 1.29 is 17.9 Å². The Bertz CT molecular complexity index is 582. The van der Waals surface area contributed by atoms with Crippen LogP contribution in [0.1, 0.15) is 31.7 Å². The van der Waals surface area contributed by atoms with Gasteiger partial charge in [0.1, 0.15) is 5.82 Å². The van der Waals surface area contributed by atoms with Crippen molar-refractivity contribution in [3.8, 4) is 0 Å². The van der Waals surface area contributed by atoms with E-state index in [0.29, 0.717) is 24.8 Å². The van der Waals surface area contributed by atoms with Gasteiger partial charge >= 0.3 is 0 Å². The molecule has 1 atom stereocenters. The van der Waals surface area contributed by atoms with Gasteiger partial charge in [-0.1, -0.05) is 6.92 Å². The van der Waals surface area contributed by atoms with Gasteiger partial charge in [-0.25, -0.2) is 17.5 Å². The number of rotatable bonds is 5. The molecule has 1 saturated carbocycles. The Morgan fingerprint density at radius 3 is 2.60 bits per heavy atom. The normalized spacial score (nSPS) is 24.2. The number of benzene rings is 1. The average molecular weight is 301 g/mol. The number of aliphatic hydroxyl groups excluding tert-OH is 1. The van der Waals surface area contributed by atoms with Crippen LogP contribution in [0.3, 0.4) is 0 Å². The van der Waals surface area contributed by atoms with Crippen LogP contribution >= 0.6 is 0 Å². The number of hydrogen-bond acceptors (Lipinski definition) is 3. The quantitative estimate of drug-likeness (QED) is 0.873. The van der Waals surface area contributed by atoms with Gasteiger partial charge in [0.2, 0.25) is 10.0 Å². The molecule has 0 aromatic heterocycles. The molecule has 0 saturated heterocycles. The Morgan fingerprint density at radius 1 is 1.45 bits per heavy atom. The first-order valence-electron chi connectivity index (χ1n) is 6.80. The minimum Gasteiger partial charge on any atom is -0.393 e. The number of halogens is 1. The van der Waals surface area contributed by atoms with E-state index in [1.165, 1.54) is 12.1 Å². The topological polar surface area (TPSA) is 66.4 Å². The Kier molecular flexibility index (Phi) is 4.46. The van der Waals surface area contributed by atoms with Crippen LogP contribution in [-0.4, -0.2) is 25.7 Å². The molecular formula is C14H20FNO3S. The van der Waals surface area contributed by atoms with Crippen LogP contribution in [0.25, 0.3) is 0 Å². The second-order valence-electron chi connectivity index (χ2n) is 5.43. The van der Waals surface area contributed by atoms with Gasteiger partial charge in [0.15, 0.2) is 0 Å². The molecule has 0 radical (unpaired) electrons. The minimum absolute atomic E-state index is 0.109. The van der Waals surface area contributed by atoms with Crippen molar-refractivity contribution in [2.24, 2.45) is 5.92 Å². The minimum atomic E-state index is -3.66. The summed E-state index contributed by atoms with van der Waals surface area (Å²) in [6.45, 7) is 3.49. The van der Waals surface area contributed by atoms with Crippen LogP contribution in [-0.2, 0) is 10.0 Å². The van der Waals surface area contributed by atoms with Crippen molar-refractivity contribution in [2.75, 3.05) is 0 Å². The second kappa shape index (κ2) is 5.79. The molecule has 1 aromatic carbocycles. The van der Waals surface area contributed by atoms with Crippen molar-refractivity contribution in [3.63, 3.8) is 0 Å². The first-order chi connectivity index (χ1) is 9.33. The van der Waals surface area contributed by atoms with Gasteiger partial charge in [0.25, 0.3) is 0 Å². The molecule has 4 nitrogen and oxygen atoms in total. The van der Waals surface area contributed by atoms with Crippen molar-refractivity contribution in [3.05, 3.63) is 29.6 Å². The molecule has 0 bridgehead atoms. The smallest absolute Gasteiger partial charge is 0.241 e. The van der Waals surface area contributed by atoms with Gasteiger partial charge < -0.3 is 5.11 Å². The van der Waals surface area contributed by atoms with Gasteiger partial charge in [-0.2, -0.15) is 0 Å². The Morgan fingerprint density at radius 2 is 2.10 bits per heavy atom. The summed E-state index contributed by atoms with van der Waals surface area (Å²) in [5.74, 6) is -0.277. The summed E-state index contributed by atoms with van der Waals surface area (Å²) in [7, 11) is -3.66. The first kappa shape index (κ1) is 15.4. The summed E-state index contributed by atoms with van der Waals surface area (Å²) < 4.78 is 40.5. The van der Waals surface area contributed by atoms with Gasteiger partial charge in [-0.15, -0.1) is 0 Å². The zero-order valence-electron chi connectivity index (χ0n) is 11.6. The first-order valence-corrected chi connectivity index (χ1v) is 8.28. The maximum absolute atomic E-state index is 13.1. The summed E-state index contributed by atoms with van der Waals surface area (Å²) in [6, 6.07) is 3.46.